The van der Waals surface area contributed by atoms with Crippen molar-refractivity contribution in [1.82, 2.24) is 4.98 Å². The van der Waals surface area contributed by atoms with E-state index in [1.807, 2.05) is 0 Å². The lowest BCUT2D eigenvalue weighted by Gasteiger charge is -1.87. The van der Waals surface area contributed by atoms with E-state index in [1.54, 1.807) is 6.07 Å². The van der Waals surface area contributed by atoms with Crippen LogP contribution in [0, 0.1) is 11.3 Å². The lowest BCUT2D eigenvalue weighted by atomic mass is 10.4. The Hall–Kier alpha value is -1.41. The van der Waals surface area contributed by atoms with Crippen molar-refractivity contribution in [3.05, 3.63) is 24.0 Å². The molecule has 0 fully saturated rings. The molecular weight excluding hydrogens is 164 g/mol. The minimum Gasteiger partial charge on any atom is -0.244 e. The summed E-state index contributed by atoms with van der Waals surface area (Å²) in [5, 5.41) is 8.30. The van der Waals surface area contributed by atoms with Gasteiger partial charge in [-0.3, -0.25) is 0 Å². The fourth-order valence-electron chi connectivity index (χ4n) is 0.560. The van der Waals surface area contributed by atoms with Gasteiger partial charge in [0.2, 0.25) is 0 Å². The normalized spacial score (nSPS) is 9.45. The number of aromatic nitrogens is 1. The van der Waals surface area contributed by atoms with Gasteiger partial charge in [-0.05, 0) is 12.1 Å². The first kappa shape index (κ1) is 7.69. The van der Waals surface area contributed by atoms with Crippen molar-refractivity contribution in [3.63, 3.8) is 0 Å². The zero-order valence-electron chi connectivity index (χ0n) is 5.39. The Morgan fingerprint density at radius 2 is 2.18 bits per heavy atom. The maximum absolute atomic E-state index is 10.3. The first-order valence-corrected chi connectivity index (χ1v) is 3.92. The predicted molar refractivity (Wildman–Crippen MR) is 37.5 cm³/mol. The van der Waals surface area contributed by atoms with Gasteiger partial charge in [0.15, 0.2) is 10.7 Å². The largest absolute Gasteiger partial charge is 0.244 e. The molecule has 0 aliphatic rings. The van der Waals surface area contributed by atoms with Crippen molar-refractivity contribution in [1.29, 1.82) is 5.26 Å². The van der Waals surface area contributed by atoms with Gasteiger partial charge in [0.1, 0.15) is 11.8 Å². The number of hydrogen-bond donors (Lipinski definition) is 1. The van der Waals surface area contributed by atoms with E-state index < -0.39 is 10.7 Å². The van der Waals surface area contributed by atoms with E-state index in [9.17, 15) is 8.42 Å². The molecule has 0 aromatic carbocycles. The zero-order chi connectivity index (χ0) is 8.27. The molecule has 0 amide bonds. The van der Waals surface area contributed by atoms with E-state index in [4.69, 9.17) is 5.26 Å². The number of rotatable bonds is 1. The van der Waals surface area contributed by atoms with Gasteiger partial charge in [-0.2, -0.15) is 5.26 Å². The van der Waals surface area contributed by atoms with E-state index >= 15 is 0 Å². The van der Waals surface area contributed by atoms with Gasteiger partial charge in [-0.15, -0.1) is 0 Å². The van der Waals surface area contributed by atoms with Gasteiger partial charge in [0, 0.05) is 6.20 Å². The van der Waals surface area contributed by atoms with Gasteiger partial charge in [0.25, 0.3) is 0 Å². The minimum absolute atomic E-state index is 0.124. The molecule has 56 valence electrons. The topological polar surface area (TPSA) is 70.8 Å². The summed E-state index contributed by atoms with van der Waals surface area (Å²) < 4.78 is 20.6. The molecule has 1 aromatic rings. The lowest BCUT2D eigenvalue weighted by Crippen LogP contribution is -1.84. The summed E-state index contributed by atoms with van der Waals surface area (Å²) in [5.41, 5.74) is 0.214. The van der Waals surface area contributed by atoms with E-state index in [2.05, 4.69) is 4.98 Å². The highest BCUT2D eigenvalue weighted by atomic mass is 32.2. The summed E-state index contributed by atoms with van der Waals surface area (Å²) >= 11 is 0. The summed E-state index contributed by atoms with van der Waals surface area (Å²) in [6.07, 6.45) is 1.16. The van der Waals surface area contributed by atoms with Gasteiger partial charge in [-0.25, -0.2) is 13.4 Å². The van der Waals surface area contributed by atoms with Crippen LogP contribution in [0.25, 0.3) is 0 Å². The highest BCUT2D eigenvalue weighted by molar-refractivity contribution is 7.72. The smallest absolute Gasteiger partial charge is 0.169 e. The molecule has 11 heavy (non-hydrogen) atoms. The highest BCUT2D eigenvalue weighted by Gasteiger charge is 1.94. The SMILES string of the molecule is N#Cc1ccc([SH](=O)=O)cn1. The zero-order valence-corrected chi connectivity index (χ0v) is 6.28. The van der Waals surface area contributed by atoms with Crippen LogP contribution >= 0.6 is 0 Å². The van der Waals surface area contributed by atoms with Gasteiger partial charge in [0.05, 0.1) is 4.90 Å². The van der Waals surface area contributed by atoms with Crippen LogP contribution in [0.2, 0.25) is 0 Å². The summed E-state index contributed by atoms with van der Waals surface area (Å²) in [7, 11) is -2.58. The van der Waals surface area contributed by atoms with Crippen LogP contribution < -0.4 is 0 Å². The van der Waals surface area contributed by atoms with Crippen molar-refractivity contribution in [3.8, 4) is 6.07 Å². The van der Waals surface area contributed by atoms with Crippen LogP contribution in [0.1, 0.15) is 5.69 Å². The number of pyridine rings is 1. The van der Waals surface area contributed by atoms with Gasteiger partial charge < -0.3 is 0 Å². The van der Waals surface area contributed by atoms with E-state index in [0.29, 0.717) is 0 Å². The average Bonchev–Trinajstić information content (AvgIpc) is 2.05. The Morgan fingerprint density at radius 3 is 2.55 bits per heavy atom. The van der Waals surface area contributed by atoms with Crippen LogP contribution in [-0.2, 0) is 10.7 Å². The van der Waals surface area contributed by atoms with Crippen molar-refractivity contribution in [2.75, 3.05) is 0 Å². The van der Waals surface area contributed by atoms with E-state index in [1.165, 1.54) is 12.1 Å². The third-order valence-corrected chi connectivity index (χ3v) is 1.76. The summed E-state index contributed by atoms with van der Waals surface area (Å²) in [6, 6.07) is 4.49. The molecule has 1 rings (SSSR count). The Morgan fingerprint density at radius 1 is 1.45 bits per heavy atom. The van der Waals surface area contributed by atoms with Crippen LogP contribution in [0.4, 0.5) is 0 Å². The van der Waals surface area contributed by atoms with Crippen LogP contribution in [0.3, 0.4) is 0 Å². The van der Waals surface area contributed by atoms with E-state index in [0.717, 1.165) is 6.20 Å². The summed E-state index contributed by atoms with van der Waals surface area (Å²) in [6.45, 7) is 0. The average molecular weight is 168 g/mol. The number of nitrogens with zero attached hydrogens (tertiary/aromatic N) is 2. The fourth-order valence-corrected chi connectivity index (χ4v) is 0.908. The first-order valence-electron chi connectivity index (χ1n) is 2.74. The van der Waals surface area contributed by atoms with Crippen molar-refractivity contribution >= 4 is 10.7 Å². The molecule has 0 saturated carbocycles. The second kappa shape index (κ2) is 3.12. The maximum atomic E-state index is 10.3. The second-order valence-electron chi connectivity index (χ2n) is 1.77. The Bertz CT molecular complexity index is 353. The maximum Gasteiger partial charge on any atom is 0.169 e. The number of thiol groups is 1. The van der Waals surface area contributed by atoms with Gasteiger partial charge >= 0.3 is 0 Å². The molecule has 1 aromatic heterocycles. The molecule has 0 saturated heterocycles. The first-order chi connectivity index (χ1) is 5.24. The van der Waals surface area contributed by atoms with Crippen molar-refractivity contribution in [2.45, 2.75) is 4.90 Å². The molecule has 0 spiro atoms. The molecule has 0 N–H and O–H groups in total. The van der Waals surface area contributed by atoms with Crippen LogP contribution in [0.5, 0.6) is 0 Å². The summed E-state index contributed by atoms with van der Waals surface area (Å²) in [5.74, 6) is 0. The molecule has 0 atom stereocenters. The molecule has 4 nitrogen and oxygen atoms in total. The molecule has 0 unspecified atom stereocenters. The summed E-state index contributed by atoms with van der Waals surface area (Å²) in [4.78, 5) is 3.70. The third kappa shape index (κ3) is 1.75. The number of nitriles is 1. The third-order valence-electron chi connectivity index (χ3n) is 1.07. The fraction of sp³-hybridized carbons (Fsp3) is 0. The monoisotopic (exact) mass is 168 g/mol. The Labute approximate surface area is 65.1 Å². The van der Waals surface area contributed by atoms with Crippen molar-refractivity contribution in [2.24, 2.45) is 0 Å². The highest BCUT2D eigenvalue weighted by Crippen LogP contribution is 1.99. The Balaban J connectivity index is 3.13. The molecule has 0 aliphatic carbocycles. The minimum atomic E-state index is -2.58. The second-order valence-corrected chi connectivity index (χ2v) is 2.80. The lowest BCUT2D eigenvalue weighted by molar-refractivity contribution is 0.614. The predicted octanol–water partition coefficient (Wildman–Crippen LogP) is -0.0764. The molecule has 0 radical (unpaired) electrons. The molecule has 1 heterocycles. The van der Waals surface area contributed by atoms with E-state index in [-0.39, 0.29) is 10.6 Å². The van der Waals surface area contributed by atoms with Crippen molar-refractivity contribution < 1.29 is 8.42 Å². The Kier molecular flexibility index (Phi) is 2.18. The standard InChI is InChI=1S/C6H4N2O2S/c7-3-5-1-2-6(4-8-5)11(9)10/h1-2,4,11H. The quantitative estimate of drug-likeness (QED) is 0.595. The van der Waals surface area contributed by atoms with Gasteiger partial charge in [-0.1, -0.05) is 0 Å². The molecular formula is C6H4N2O2S. The molecule has 0 aliphatic heterocycles. The van der Waals surface area contributed by atoms with Crippen LogP contribution in [0.15, 0.2) is 23.2 Å². The van der Waals surface area contributed by atoms with Crippen LogP contribution in [-0.4, -0.2) is 13.4 Å². The molecule has 5 heteroatoms. The number of hydrogen-bond acceptors (Lipinski definition) is 4. The molecule has 0 bridgehead atoms.